The van der Waals surface area contributed by atoms with Crippen molar-refractivity contribution in [3.05, 3.63) is 82.9 Å². The Labute approximate surface area is 146 Å². The fourth-order valence-electron chi connectivity index (χ4n) is 2.94. The van der Waals surface area contributed by atoms with Gasteiger partial charge in [0.2, 0.25) is 0 Å². The average molecular weight is 333 g/mol. The van der Waals surface area contributed by atoms with E-state index in [1.807, 2.05) is 42.5 Å². The summed E-state index contributed by atoms with van der Waals surface area (Å²) in [7, 11) is 0. The molecule has 4 rings (SSSR count). The van der Waals surface area contributed by atoms with Crippen LogP contribution in [0.2, 0.25) is 5.02 Å². The molecule has 0 amide bonds. The third-order valence-corrected chi connectivity index (χ3v) is 4.66. The second-order valence-corrected chi connectivity index (χ2v) is 6.47. The minimum Gasteiger partial charge on any atom is -0.292 e. The van der Waals surface area contributed by atoms with Crippen LogP contribution in [0.1, 0.15) is 11.1 Å². The fourth-order valence-corrected chi connectivity index (χ4v) is 3.07. The molecule has 0 aliphatic carbocycles. The topological polar surface area (TPSA) is 17.8 Å². The van der Waals surface area contributed by atoms with Gasteiger partial charge in [0.05, 0.1) is 11.0 Å². The summed E-state index contributed by atoms with van der Waals surface area (Å²) in [6.07, 6.45) is 0. The molecule has 0 spiro atoms. The molecule has 4 aromatic rings. The Morgan fingerprint density at radius 1 is 0.833 bits per heavy atom. The van der Waals surface area contributed by atoms with E-state index in [0.717, 1.165) is 33.1 Å². The largest absolute Gasteiger partial charge is 0.292 e. The Morgan fingerprint density at radius 2 is 1.58 bits per heavy atom. The standard InChI is InChI=1S/C21H17ClN2/c1-14-7-12-18(13-15(14)2)24-20-6-4-3-5-19(20)23-21(24)16-8-10-17(22)11-9-16/h3-13H,1-2H3. The quantitative estimate of drug-likeness (QED) is 0.442. The number of nitrogens with zero attached hydrogens (tertiary/aromatic N) is 2. The van der Waals surface area contributed by atoms with E-state index in [2.05, 4.69) is 42.7 Å². The SMILES string of the molecule is Cc1ccc(-n2c(-c3ccc(Cl)cc3)nc3ccccc32)cc1C. The second kappa shape index (κ2) is 5.81. The van der Waals surface area contributed by atoms with E-state index in [4.69, 9.17) is 16.6 Å². The zero-order valence-electron chi connectivity index (χ0n) is 13.6. The smallest absolute Gasteiger partial charge is 0.145 e. The molecule has 3 aromatic carbocycles. The normalized spacial score (nSPS) is 11.1. The van der Waals surface area contributed by atoms with Gasteiger partial charge in [-0.2, -0.15) is 0 Å². The molecule has 0 unspecified atom stereocenters. The molecule has 0 radical (unpaired) electrons. The summed E-state index contributed by atoms with van der Waals surface area (Å²) in [5, 5.41) is 0.729. The third-order valence-electron chi connectivity index (χ3n) is 4.41. The molecule has 2 nitrogen and oxygen atoms in total. The zero-order valence-corrected chi connectivity index (χ0v) is 14.4. The monoisotopic (exact) mass is 332 g/mol. The maximum Gasteiger partial charge on any atom is 0.145 e. The molecule has 0 aliphatic heterocycles. The van der Waals surface area contributed by atoms with Crippen LogP contribution in [0.15, 0.2) is 66.7 Å². The van der Waals surface area contributed by atoms with Crippen molar-refractivity contribution in [1.29, 1.82) is 0 Å². The molecular formula is C21H17ClN2. The zero-order chi connectivity index (χ0) is 16.7. The number of hydrogen-bond donors (Lipinski definition) is 0. The van der Waals surface area contributed by atoms with Crippen LogP contribution in [0.5, 0.6) is 0 Å². The Morgan fingerprint density at radius 3 is 2.33 bits per heavy atom. The van der Waals surface area contributed by atoms with Crippen molar-refractivity contribution < 1.29 is 0 Å². The molecule has 0 fully saturated rings. The second-order valence-electron chi connectivity index (χ2n) is 6.03. The summed E-state index contributed by atoms with van der Waals surface area (Å²) in [6, 6.07) is 22.6. The maximum atomic E-state index is 6.05. The summed E-state index contributed by atoms with van der Waals surface area (Å²) in [5.41, 5.74) is 6.82. The number of imidazole rings is 1. The highest BCUT2D eigenvalue weighted by Gasteiger charge is 2.14. The van der Waals surface area contributed by atoms with Crippen LogP contribution in [-0.4, -0.2) is 9.55 Å². The molecule has 0 N–H and O–H groups in total. The van der Waals surface area contributed by atoms with E-state index < -0.39 is 0 Å². The van der Waals surface area contributed by atoms with Crippen molar-refractivity contribution in [3.63, 3.8) is 0 Å². The van der Waals surface area contributed by atoms with Crippen LogP contribution in [0.3, 0.4) is 0 Å². The van der Waals surface area contributed by atoms with Crippen LogP contribution in [0.4, 0.5) is 0 Å². The van der Waals surface area contributed by atoms with Gasteiger partial charge in [-0.05, 0) is 73.5 Å². The number of para-hydroxylation sites is 2. The summed E-state index contributed by atoms with van der Waals surface area (Å²) in [5.74, 6) is 0.927. The van der Waals surface area contributed by atoms with E-state index in [-0.39, 0.29) is 0 Å². The van der Waals surface area contributed by atoms with Crippen molar-refractivity contribution in [2.45, 2.75) is 13.8 Å². The average Bonchev–Trinajstić information content (AvgIpc) is 2.97. The summed E-state index contributed by atoms with van der Waals surface area (Å²) in [6.45, 7) is 4.27. The van der Waals surface area contributed by atoms with Crippen LogP contribution < -0.4 is 0 Å². The number of aryl methyl sites for hydroxylation is 2. The number of benzene rings is 3. The van der Waals surface area contributed by atoms with Crippen LogP contribution in [0, 0.1) is 13.8 Å². The van der Waals surface area contributed by atoms with Gasteiger partial charge >= 0.3 is 0 Å². The molecule has 0 aliphatic rings. The van der Waals surface area contributed by atoms with Crippen molar-refractivity contribution in [2.75, 3.05) is 0 Å². The van der Waals surface area contributed by atoms with Crippen molar-refractivity contribution >= 4 is 22.6 Å². The van der Waals surface area contributed by atoms with E-state index in [9.17, 15) is 0 Å². The van der Waals surface area contributed by atoms with Crippen LogP contribution >= 0.6 is 11.6 Å². The molecule has 0 saturated carbocycles. The first-order chi connectivity index (χ1) is 11.6. The highest BCUT2D eigenvalue weighted by Crippen LogP contribution is 2.30. The summed E-state index contributed by atoms with van der Waals surface area (Å²) < 4.78 is 2.21. The van der Waals surface area contributed by atoms with Gasteiger partial charge in [-0.1, -0.05) is 29.8 Å². The minimum absolute atomic E-state index is 0.729. The number of rotatable bonds is 2. The lowest BCUT2D eigenvalue weighted by molar-refractivity contribution is 1.09. The van der Waals surface area contributed by atoms with Crippen molar-refractivity contribution in [3.8, 4) is 17.1 Å². The fraction of sp³-hybridized carbons (Fsp3) is 0.0952. The van der Waals surface area contributed by atoms with Gasteiger partial charge < -0.3 is 0 Å². The lowest BCUT2D eigenvalue weighted by Gasteiger charge is -2.11. The summed E-state index contributed by atoms with van der Waals surface area (Å²) >= 11 is 6.05. The van der Waals surface area contributed by atoms with Gasteiger partial charge in [0.1, 0.15) is 5.82 Å². The first-order valence-electron chi connectivity index (χ1n) is 7.94. The molecular weight excluding hydrogens is 316 g/mol. The van der Waals surface area contributed by atoms with Gasteiger partial charge in [0.25, 0.3) is 0 Å². The van der Waals surface area contributed by atoms with Gasteiger partial charge in [-0.3, -0.25) is 4.57 Å². The van der Waals surface area contributed by atoms with Gasteiger partial charge in [-0.25, -0.2) is 4.98 Å². The molecule has 0 bridgehead atoms. The van der Waals surface area contributed by atoms with E-state index in [0.29, 0.717) is 0 Å². The Balaban J connectivity index is 2.03. The number of halogens is 1. The number of hydrogen-bond acceptors (Lipinski definition) is 1. The third kappa shape index (κ3) is 2.49. The van der Waals surface area contributed by atoms with E-state index >= 15 is 0 Å². The van der Waals surface area contributed by atoms with Gasteiger partial charge in [-0.15, -0.1) is 0 Å². The molecule has 1 aromatic heterocycles. The number of aromatic nitrogens is 2. The van der Waals surface area contributed by atoms with Crippen LogP contribution in [0.25, 0.3) is 28.1 Å². The van der Waals surface area contributed by atoms with E-state index in [1.54, 1.807) is 0 Å². The van der Waals surface area contributed by atoms with Crippen LogP contribution in [-0.2, 0) is 0 Å². The molecule has 24 heavy (non-hydrogen) atoms. The lowest BCUT2D eigenvalue weighted by Crippen LogP contribution is -1.98. The van der Waals surface area contributed by atoms with Crippen molar-refractivity contribution in [1.82, 2.24) is 9.55 Å². The highest BCUT2D eigenvalue weighted by molar-refractivity contribution is 6.30. The van der Waals surface area contributed by atoms with Gasteiger partial charge in [0.15, 0.2) is 0 Å². The first kappa shape index (κ1) is 15.0. The minimum atomic E-state index is 0.729. The Kier molecular flexibility index (Phi) is 3.62. The summed E-state index contributed by atoms with van der Waals surface area (Å²) in [4.78, 5) is 4.86. The predicted molar refractivity (Wildman–Crippen MR) is 101 cm³/mol. The lowest BCUT2D eigenvalue weighted by atomic mass is 10.1. The predicted octanol–water partition coefficient (Wildman–Crippen LogP) is 5.96. The molecule has 0 atom stereocenters. The Hall–Kier alpha value is -2.58. The molecule has 1 heterocycles. The molecule has 3 heteroatoms. The number of fused-ring (bicyclic) bond motifs is 1. The van der Waals surface area contributed by atoms with Crippen molar-refractivity contribution in [2.24, 2.45) is 0 Å². The van der Waals surface area contributed by atoms with Gasteiger partial charge in [0, 0.05) is 16.3 Å². The molecule has 0 saturated heterocycles. The van der Waals surface area contributed by atoms with E-state index in [1.165, 1.54) is 11.1 Å². The Bertz CT molecular complexity index is 1030. The first-order valence-corrected chi connectivity index (χ1v) is 8.32. The molecule has 118 valence electrons. The maximum absolute atomic E-state index is 6.05. The highest BCUT2D eigenvalue weighted by atomic mass is 35.5.